The Hall–Kier alpha value is -2.34. The fraction of sp³-hybridized carbons (Fsp3) is 0.389. The summed E-state index contributed by atoms with van der Waals surface area (Å²) >= 11 is 6.32. The van der Waals surface area contributed by atoms with E-state index in [1.54, 1.807) is 25.3 Å². The van der Waals surface area contributed by atoms with Crippen LogP contribution in [0.2, 0.25) is 5.02 Å². The van der Waals surface area contributed by atoms with Crippen LogP contribution in [0.5, 0.6) is 0 Å². The van der Waals surface area contributed by atoms with Crippen molar-refractivity contribution >= 4 is 23.3 Å². The Kier molecular flexibility index (Phi) is 5.38. The number of hydrogen-bond acceptors (Lipinski definition) is 5. The minimum atomic E-state index is -0.349. The fourth-order valence-corrected chi connectivity index (χ4v) is 3.26. The van der Waals surface area contributed by atoms with E-state index in [4.69, 9.17) is 16.3 Å². The largest absolute Gasteiger partial charge is 0.466 e. The molecular weight excluding hydrogens is 342 g/mol. The highest BCUT2D eigenvalue weighted by Crippen LogP contribution is 2.27. The molecule has 7 heteroatoms. The molecule has 0 N–H and O–H groups in total. The minimum absolute atomic E-state index is 0.0902. The maximum atomic E-state index is 12.6. The van der Waals surface area contributed by atoms with E-state index < -0.39 is 0 Å². The van der Waals surface area contributed by atoms with Crippen molar-refractivity contribution in [2.75, 3.05) is 24.6 Å². The number of piperidine rings is 1. The van der Waals surface area contributed by atoms with Crippen molar-refractivity contribution in [1.29, 1.82) is 0 Å². The fourth-order valence-electron chi connectivity index (χ4n) is 3.01. The van der Waals surface area contributed by atoms with E-state index in [2.05, 4.69) is 5.10 Å². The third kappa shape index (κ3) is 3.69. The highest BCUT2D eigenvalue weighted by molar-refractivity contribution is 6.33. The van der Waals surface area contributed by atoms with Gasteiger partial charge in [-0.25, -0.2) is 0 Å². The van der Waals surface area contributed by atoms with Crippen LogP contribution in [-0.2, 0) is 9.53 Å². The average Bonchev–Trinajstić information content (AvgIpc) is 2.65. The maximum Gasteiger partial charge on any atom is 0.309 e. The van der Waals surface area contributed by atoms with Gasteiger partial charge >= 0.3 is 5.97 Å². The number of esters is 1. The first-order chi connectivity index (χ1) is 12.1. The van der Waals surface area contributed by atoms with Gasteiger partial charge in [-0.1, -0.05) is 29.8 Å². The van der Waals surface area contributed by atoms with E-state index in [9.17, 15) is 9.59 Å². The Balaban J connectivity index is 1.78. The van der Waals surface area contributed by atoms with E-state index in [-0.39, 0.29) is 22.5 Å². The van der Waals surface area contributed by atoms with Crippen LogP contribution >= 0.6 is 11.6 Å². The van der Waals surface area contributed by atoms with Crippen LogP contribution in [0.25, 0.3) is 5.69 Å². The van der Waals surface area contributed by atoms with Crippen molar-refractivity contribution in [2.24, 2.45) is 5.92 Å². The van der Waals surface area contributed by atoms with Crippen molar-refractivity contribution < 1.29 is 9.53 Å². The second kappa shape index (κ2) is 7.70. The molecule has 1 fully saturated rings. The molecule has 132 valence electrons. The lowest BCUT2D eigenvalue weighted by molar-refractivity contribution is -0.148. The van der Waals surface area contributed by atoms with E-state index in [0.717, 1.165) is 0 Å². The molecule has 2 heterocycles. The van der Waals surface area contributed by atoms with Gasteiger partial charge in [0.25, 0.3) is 5.56 Å². The molecule has 1 aromatic heterocycles. The van der Waals surface area contributed by atoms with Gasteiger partial charge < -0.3 is 9.64 Å². The SMILES string of the molecule is CCOC(=O)C1CCN(c2cnn(-c3ccccc3)c(=O)c2Cl)CC1. The second-order valence-electron chi connectivity index (χ2n) is 5.91. The Bertz CT molecular complexity index is 799. The molecule has 6 nitrogen and oxygen atoms in total. The molecule has 1 aliphatic rings. The monoisotopic (exact) mass is 361 g/mol. The zero-order valence-electron chi connectivity index (χ0n) is 14.0. The lowest BCUT2D eigenvalue weighted by Gasteiger charge is -2.32. The van der Waals surface area contributed by atoms with E-state index in [1.165, 1.54) is 4.68 Å². The lowest BCUT2D eigenvalue weighted by atomic mass is 9.97. The van der Waals surface area contributed by atoms with Gasteiger partial charge in [-0.05, 0) is 31.9 Å². The Labute approximate surface area is 151 Å². The highest BCUT2D eigenvalue weighted by atomic mass is 35.5. The number of para-hydroxylation sites is 1. The molecule has 1 aliphatic heterocycles. The molecule has 2 aromatic rings. The summed E-state index contributed by atoms with van der Waals surface area (Å²) in [4.78, 5) is 26.4. The van der Waals surface area contributed by atoms with E-state index >= 15 is 0 Å². The first-order valence-electron chi connectivity index (χ1n) is 8.36. The Morgan fingerprint density at radius 1 is 1.28 bits per heavy atom. The minimum Gasteiger partial charge on any atom is -0.466 e. The molecule has 1 aromatic carbocycles. The zero-order chi connectivity index (χ0) is 17.8. The first-order valence-corrected chi connectivity index (χ1v) is 8.74. The molecule has 0 aliphatic carbocycles. The lowest BCUT2D eigenvalue weighted by Crippen LogP contribution is -2.38. The average molecular weight is 362 g/mol. The number of ether oxygens (including phenoxy) is 1. The number of carbonyl (C=O) groups excluding carboxylic acids is 1. The molecule has 0 amide bonds. The summed E-state index contributed by atoms with van der Waals surface area (Å²) < 4.78 is 6.37. The van der Waals surface area contributed by atoms with Crippen LogP contribution in [0.1, 0.15) is 19.8 Å². The van der Waals surface area contributed by atoms with E-state index in [1.807, 2.05) is 23.1 Å². The first kappa shape index (κ1) is 17.5. The van der Waals surface area contributed by atoms with Gasteiger partial charge in [0.05, 0.1) is 30.1 Å². The van der Waals surface area contributed by atoms with Crippen molar-refractivity contribution in [1.82, 2.24) is 9.78 Å². The Morgan fingerprint density at radius 3 is 2.60 bits per heavy atom. The zero-order valence-corrected chi connectivity index (χ0v) is 14.8. The molecule has 25 heavy (non-hydrogen) atoms. The quantitative estimate of drug-likeness (QED) is 0.783. The summed E-state index contributed by atoms with van der Waals surface area (Å²) in [6, 6.07) is 9.15. The molecule has 0 unspecified atom stereocenters. The number of nitrogens with zero attached hydrogens (tertiary/aromatic N) is 3. The van der Waals surface area contributed by atoms with Crippen molar-refractivity contribution in [3.63, 3.8) is 0 Å². The molecule has 0 saturated carbocycles. The predicted molar refractivity (Wildman–Crippen MR) is 96.4 cm³/mol. The van der Waals surface area contributed by atoms with Gasteiger partial charge in [-0.15, -0.1) is 0 Å². The summed E-state index contributed by atoms with van der Waals surface area (Å²) in [7, 11) is 0. The molecule has 1 saturated heterocycles. The normalized spacial score (nSPS) is 15.2. The number of halogens is 1. The van der Waals surface area contributed by atoms with Crippen molar-refractivity contribution in [3.05, 3.63) is 51.9 Å². The molecule has 0 spiro atoms. The summed E-state index contributed by atoms with van der Waals surface area (Å²) in [5.74, 6) is -0.238. The second-order valence-corrected chi connectivity index (χ2v) is 6.29. The number of benzene rings is 1. The smallest absolute Gasteiger partial charge is 0.309 e. The molecular formula is C18H20ClN3O3. The van der Waals surface area contributed by atoms with Gasteiger partial charge in [-0.3, -0.25) is 9.59 Å². The van der Waals surface area contributed by atoms with Crippen molar-refractivity contribution in [2.45, 2.75) is 19.8 Å². The van der Waals surface area contributed by atoms with Gasteiger partial charge in [0.1, 0.15) is 5.02 Å². The molecule has 0 atom stereocenters. The number of rotatable bonds is 4. The highest BCUT2D eigenvalue weighted by Gasteiger charge is 2.27. The van der Waals surface area contributed by atoms with Gasteiger partial charge in [0.15, 0.2) is 0 Å². The van der Waals surface area contributed by atoms with Crippen LogP contribution in [0.4, 0.5) is 5.69 Å². The standard InChI is InChI=1S/C18H20ClN3O3/c1-2-25-18(24)13-8-10-21(11-9-13)15-12-20-22(17(23)16(15)19)14-6-4-3-5-7-14/h3-7,12-13H,2,8-11H2,1H3. The van der Waals surface area contributed by atoms with E-state index in [0.29, 0.717) is 43.9 Å². The van der Waals surface area contributed by atoms with Gasteiger partial charge in [-0.2, -0.15) is 9.78 Å². The van der Waals surface area contributed by atoms with Crippen LogP contribution in [0, 0.1) is 5.92 Å². The van der Waals surface area contributed by atoms with Crippen LogP contribution in [0.15, 0.2) is 41.3 Å². The third-order valence-electron chi connectivity index (χ3n) is 4.36. The maximum absolute atomic E-state index is 12.6. The van der Waals surface area contributed by atoms with Crippen LogP contribution in [0.3, 0.4) is 0 Å². The number of carbonyl (C=O) groups is 1. The molecule has 3 rings (SSSR count). The Morgan fingerprint density at radius 2 is 1.96 bits per heavy atom. The number of anilines is 1. The van der Waals surface area contributed by atoms with Crippen LogP contribution < -0.4 is 10.5 Å². The van der Waals surface area contributed by atoms with Crippen molar-refractivity contribution in [3.8, 4) is 5.69 Å². The summed E-state index contributed by atoms with van der Waals surface area (Å²) in [6.45, 7) is 3.48. The van der Waals surface area contributed by atoms with Crippen LogP contribution in [-0.4, -0.2) is 35.4 Å². The molecule has 0 radical (unpaired) electrons. The predicted octanol–water partition coefficient (Wildman–Crippen LogP) is 2.67. The van der Waals surface area contributed by atoms with Gasteiger partial charge in [0.2, 0.25) is 0 Å². The molecule has 0 bridgehead atoms. The number of aromatic nitrogens is 2. The summed E-state index contributed by atoms with van der Waals surface area (Å²) in [6.07, 6.45) is 2.97. The summed E-state index contributed by atoms with van der Waals surface area (Å²) in [5, 5.41) is 4.40. The summed E-state index contributed by atoms with van der Waals surface area (Å²) in [5.41, 5.74) is 0.931. The number of hydrogen-bond donors (Lipinski definition) is 0. The third-order valence-corrected chi connectivity index (χ3v) is 4.71. The topological polar surface area (TPSA) is 64.4 Å². The van der Waals surface area contributed by atoms with Gasteiger partial charge in [0, 0.05) is 13.1 Å².